The molecule has 0 spiro atoms. The van der Waals surface area contributed by atoms with E-state index in [1.165, 1.54) is 0 Å². The zero-order valence-electron chi connectivity index (χ0n) is 9.78. The van der Waals surface area contributed by atoms with Gasteiger partial charge in [0.25, 0.3) is 0 Å². The maximum absolute atomic E-state index is 6.08. The van der Waals surface area contributed by atoms with Crippen molar-refractivity contribution in [3.05, 3.63) is 51.6 Å². The van der Waals surface area contributed by atoms with Crippen LogP contribution in [0.5, 0.6) is 11.6 Å². The molecule has 2 aromatic rings. The first kappa shape index (κ1) is 13.3. The lowest BCUT2D eigenvalue weighted by molar-refractivity contribution is 0.455. The molecule has 1 aromatic carbocycles. The molecule has 0 aliphatic rings. The Morgan fingerprint density at radius 1 is 1.39 bits per heavy atom. The van der Waals surface area contributed by atoms with Gasteiger partial charge in [-0.1, -0.05) is 29.8 Å². The van der Waals surface area contributed by atoms with Crippen LogP contribution in [-0.4, -0.2) is 12.0 Å². The fourth-order valence-electron chi connectivity index (χ4n) is 1.52. The van der Waals surface area contributed by atoms with Crippen LogP contribution < -0.4 is 10.1 Å². The molecular formula is C13H12BrClN2O. The number of para-hydroxylation sites is 1. The Morgan fingerprint density at radius 3 is 2.89 bits per heavy atom. The minimum Gasteiger partial charge on any atom is -0.437 e. The van der Waals surface area contributed by atoms with E-state index in [0.29, 0.717) is 10.9 Å². The minimum absolute atomic E-state index is 0.406. The third kappa shape index (κ3) is 3.22. The van der Waals surface area contributed by atoms with Crippen molar-refractivity contribution in [1.29, 1.82) is 0 Å². The predicted molar refractivity (Wildman–Crippen MR) is 76.2 cm³/mol. The van der Waals surface area contributed by atoms with E-state index in [4.69, 9.17) is 16.3 Å². The third-order valence-corrected chi connectivity index (χ3v) is 3.02. The van der Waals surface area contributed by atoms with Crippen LogP contribution in [0.2, 0.25) is 5.02 Å². The van der Waals surface area contributed by atoms with Crippen LogP contribution in [-0.2, 0) is 6.54 Å². The second-order valence-electron chi connectivity index (χ2n) is 3.68. The third-order valence-electron chi connectivity index (χ3n) is 2.32. The molecule has 0 saturated heterocycles. The standard InChI is InChI=1S/C13H12BrClN2O/c1-16-7-9-4-2-3-5-12(9)18-13-11(15)6-10(14)8-17-13/h2-6,8,16H,7H2,1H3. The highest BCUT2D eigenvalue weighted by Gasteiger charge is 2.08. The molecule has 5 heteroatoms. The van der Waals surface area contributed by atoms with E-state index in [-0.39, 0.29) is 0 Å². The van der Waals surface area contributed by atoms with E-state index in [1.54, 1.807) is 12.3 Å². The first-order chi connectivity index (χ1) is 8.70. The Bertz CT molecular complexity index is 548. The van der Waals surface area contributed by atoms with Crippen molar-refractivity contribution >= 4 is 27.5 Å². The lowest BCUT2D eigenvalue weighted by atomic mass is 10.2. The fourth-order valence-corrected chi connectivity index (χ4v) is 2.19. The summed E-state index contributed by atoms with van der Waals surface area (Å²) < 4.78 is 6.57. The molecular weight excluding hydrogens is 316 g/mol. The van der Waals surface area contributed by atoms with Crippen molar-refractivity contribution in [3.63, 3.8) is 0 Å². The molecule has 1 heterocycles. The number of nitrogens with one attached hydrogen (secondary N) is 1. The van der Waals surface area contributed by atoms with Crippen molar-refractivity contribution < 1.29 is 4.74 Å². The topological polar surface area (TPSA) is 34.1 Å². The number of benzene rings is 1. The molecule has 0 unspecified atom stereocenters. The molecule has 0 aliphatic carbocycles. The SMILES string of the molecule is CNCc1ccccc1Oc1ncc(Br)cc1Cl. The molecule has 0 aliphatic heterocycles. The van der Waals surface area contributed by atoms with Crippen molar-refractivity contribution in [2.45, 2.75) is 6.54 Å². The number of aromatic nitrogens is 1. The Hall–Kier alpha value is -1.10. The predicted octanol–water partition coefficient (Wildman–Crippen LogP) is 4.01. The van der Waals surface area contributed by atoms with E-state index in [0.717, 1.165) is 22.3 Å². The number of hydrogen-bond donors (Lipinski definition) is 1. The largest absolute Gasteiger partial charge is 0.437 e. The molecule has 18 heavy (non-hydrogen) atoms. The highest BCUT2D eigenvalue weighted by molar-refractivity contribution is 9.10. The Balaban J connectivity index is 2.28. The van der Waals surface area contributed by atoms with Crippen LogP contribution >= 0.6 is 27.5 Å². The summed E-state index contributed by atoms with van der Waals surface area (Å²) in [6, 6.07) is 9.54. The van der Waals surface area contributed by atoms with Crippen LogP contribution in [0, 0.1) is 0 Å². The van der Waals surface area contributed by atoms with Crippen LogP contribution in [0.1, 0.15) is 5.56 Å². The molecule has 1 N–H and O–H groups in total. The van der Waals surface area contributed by atoms with Gasteiger partial charge in [-0.25, -0.2) is 4.98 Å². The Kier molecular flexibility index (Phi) is 4.58. The van der Waals surface area contributed by atoms with Crippen LogP contribution in [0.25, 0.3) is 0 Å². The van der Waals surface area contributed by atoms with E-state index in [9.17, 15) is 0 Å². The van der Waals surface area contributed by atoms with Crippen LogP contribution in [0.3, 0.4) is 0 Å². The molecule has 0 saturated carbocycles. The summed E-state index contributed by atoms with van der Waals surface area (Å²) in [6.45, 7) is 0.727. The average Bonchev–Trinajstić information content (AvgIpc) is 2.35. The molecule has 0 fully saturated rings. The molecule has 0 bridgehead atoms. The van der Waals surface area contributed by atoms with Gasteiger partial charge in [0.05, 0.1) is 0 Å². The molecule has 3 nitrogen and oxygen atoms in total. The summed E-state index contributed by atoms with van der Waals surface area (Å²) in [5.74, 6) is 1.16. The number of halogens is 2. The summed E-state index contributed by atoms with van der Waals surface area (Å²) in [5.41, 5.74) is 1.06. The number of nitrogens with zero attached hydrogens (tertiary/aromatic N) is 1. The highest BCUT2D eigenvalue weighted by atomic mass is 79.9. The lowest BCUT2D eigenvalue weighted by Crippen LogP contribution is -2.06. The Morgan fingerprint density at radius 2 is 2.17 bits per heavy atom. The highest BCUT2D eigenvalue weighted by Crippen LogP contribution is 2.30. The number of ether oxygens (including phenoxy) is 1. The molecule has 1 aromatic heterocycles. The second-order valence-corrected chi connectivity index (χ2v) is 5.00. The summed E-state index contributed by atoms with van der Waals surface area (Å²) in [7, 11) is 1.89. The minimum atomic E-state index is 0.406. The fraction of sp³-hybridized carbons (Fsp3) is 0.154. The monoisotopic (exact) mass is 326 g/mol. The van der Waals surface area contributed by atoms with Gasteiger partial charge in [0, 0.05) is 22.8 Å². The van der Waals surface area contributed by atoms with Gasteiger partial charge >= 0.3 is 0 Å². The van der Waals surface area contributed by atoms with Crippen molar-refractivity contribution in [3.8, 4) is 11.6 Å². The number of hydrogen-bond acceptors (Lipinski definition) is 3. The first-order valence-corrected chi connectivity index (χ1v) is 6.59. The van der Waals surface area contributed by atoms with Gasteiger partial charge in [-0.05, 0) is 35.1 Å². The van der Waals surface area contributed by atoms with Gasteiger partial charge in [0.1, 0.15) is 10.8 Å². The summed E-state index contributed by atoms with van der Waals surface area (Å²) in [4.78, 5) is 4.15. The van der Waals surface area contributed by atoms with E-state index in [1.807, 2.05) is 31.3 Å². The quantitative estimate of drug-likeness (QED) is 0.921. The first-order valence-electron chi connectivity index (χ1n) is 5.42. The zero-order valence-corrected chi connectivity index (χ0v) is 12.1. The smallest absolute Gasteiger partial charge is 0.238 e. The maximum atomic E-state index is 6.08. The molecule has 94 valence electrons. The molecule has 0 amide bonds. The summed E-state index contributed by atoms with van der Waals surface area (Å²) in [5, 5.41) is 3.57. The maximum Gasteiger partial charge on any atom is 0.238 e. The average molecular weight is 328 g/mol. The zero-order chi connectivity index (χ0) is 13.0. The van der Waals surface area contributed by atoms with Gasteiger partial charge in [-0.2, -0.15) is 0 Å². The van der Waals surface area contributed by atoms with Gasteiger partial charge in [-0.15, -0.1) is 0 Å². The van der Waals surface area contributed by atoms with E-state index in [2.05, 4.69) is 26.2 Å². The summed E-state index contributed by atoms with van der Waals surface area (Å²) >= 11 is 9.38. The molecule has 0 radical (unpaired) electrons. The van der Waals surface area contributed by atoms with Crippen LogP contribution in [0.15, 0.2) is 41.0 Å². The second kappa shape index (κ2) is 6.18. The van der Waals surface area contributed by atoms with Crippen molar-refractivity contribution in [2.75, 3.05) is 7.05 Å². The number of rotatable bonds is 4. The van der Waals surface area contributed by atoms with Gasteiger partial charge in [0.2, 0.25) is 5.88 Å². The van der Waals surface area contributed by atoms with Crippen LogP contribution in [0.4, 0.5) is 0 Å². The lowest BCUT2D eigenvalue weighted by Gasteiger charge is -2.11. The van der Waals surface area contributed by atoms with Gasteiger partial charge < -0.3 is 10.1 Å². The van der Waals surface area contributed by atoms with E-state index >= 15 is 0 Å². The van der Waals surface area contributed by atoms with Crippen molar-refractivity contribution in [2.24, 2.45) is 0 Å². The van der Waals surface area contributed by atoms with Gasteiger partial charge in [-0.3, -0.25) is 0 Å². The summed E-state index contributed by atoms with van der Waals surface area (Å²) in [6.07, 6.45) is 1.65. The van der Waals surface area contributed by atoms with Crippen molar-refractivity contribution in [1.82, 2.24) is 10.3 Å². The molecule has 2 rings (SSSR count). The van der Waals surface area contributed by atoms with Gasteiger partial charge in [0.15, 0.2) is 0 Å². The normalized spacial score (nSPS) is 10.4. The Labute approximate surface area is 119 Å². The molecule has 0 atom stereocenters. The van der Waals surface area contributed by atoms with E-state index < -0.39 is 0 Å². The number of pyridine rings is 1.